The summed E-state index contributed by atoms with van der Waals surface area (Å²) in [6, 6.07) is 13.2. The third kappa shape index (κ3) is 2.95. The number of hydrogen-bond acceptors (Lipinski definition) is 3. The highest BCUT2D eigenvalue weighted by Gasteiger charge is 2.08. The van der Waals surface area contributed by atoms with E-state index in [0.29, 0.717) is 17.9 Å². The molecule has 0 unspecified atom stereocenters. The molecule has 0 radical (unpaired) electrons. The summed E-state index contributed by atoms with van der Waals surface area (Å²) in [7, 11) is 0. The number of amides is 1. The Kier molecular flexibility index (Phi) is 3.96. The zero-order valence-electron chi connectivity index (χ0n) is 11.2. The maximum absolute atomic E-state index is 12.1. The number of aromatic nitrogens is 3. The van der Waals surface area contributed by atoms with Gasteiger partial charge in [-0.05, 0) is 29.8 Å². The largest absolute Gasteiger partial charge is 0.345 e. The zero-order valence-corrected chi connectivity index (χ0v) is 12.7. The number of carbonyl (C=O) groups is 1. The lowest BCUT2D eigenvalue weighted by atomic mass is 10.1. The summed E-state index contributed by atoms with van der Waals surface area (Å²) in [6.07, 6.45) is 1.88. The van der Waals surface area contributed by atoms with Gasteiger partial charge in [0.25, 0.3) is 5.91 Å². The van der Waals surface area contributed by atoms with Gasteiger partial charge in [0.2, 0.25) is 0 Å². The number of nitrogens with zero attached hydrogens (tertiary/aromatic N) is 3. The van der Waals surface area contributed by atoms with Gasteiger partial charge in [-0.25, -0.2) is 0 Å². The van der Waals surface area contributed by atoms with Crippen molar-refractivity contribution in [3.8, 4) is 0 Å². The number of fused-ring (bicyclic) bond motifs is 1. The first-order chi connectivity index (χ1) is 10.3. The van der Waals surface area contributed by atoms with Crippen LogP contribution in [0.15, 0.2) is 48.7 Å². The third-order valence-corrected chi connectivity index (χ3v) is 3.81. The smallest absolute Gasteiger partial charge is 0.251 e. The Bertz CT molecular complexity index is 767. The molecule has 0 aliphatic heterocycles. The second-order valence-electron chi connectivity index (χ2n) is 4.56. The molecule has 3 rings (SSSR count). The maximum Gasteiger partial charge on any atom is 0.251 e. The number of pyridine rings is 1. The number of hydrogen-bond donors (Lipinski definition) is 1. The van der Waals surface area contributed by atoms with Crippen LogP contribution in [0.1, 0.15) is 21.7 Å². The molecule has 0 aliphatic carbocycles. The van der Waals surface area contributed by atoms with Crippen molar-refractivity contribution in [2.45, 2.75) is 11.9 Å². The van der Waals surface area contributed by atoms with E-state index in [1.807, 2.05) is 53.1 Å². The van der Waals surface area contributed by atoms with Crippen molar-refractivity contribution in [1.82, 2.24) is 19.9 Å². The summed E-state index contributed by atoms with van der Waals surface area (Å²) in [5.74, 6) is 0.583. The molecule has 1 amide bonds. The number of halogens is 1. The van der Waals surface area contributed by atoms with Gasteiger partial charge >= 0.3 is 0 Å². The summed E-state index contributed by atoms with van der Waals surface area (Å²) in [5, 5.41) is 11.8. The molecular weight excluding hydrogens is 332 g/mol. The van der Waals surface area contributed by atoms with Crippen molar-refractivity contribution < 1.29 is 4.79 Å². The molecule has 21 heavy (non-hydrogen) atoms. The van der Waals surface area contributed by atoms with Crippen LogP contribution in [0.4, 0.5) is 0 Å². The van der Waals surface area contributed by atoms with Crippen LogP contribution in [0.25, 0.3) is 5.65 Å². The van der Waals surface area contributed by atoms with Crippen molar-refractivity contribution in [3.05, 3.63) is 65.6 Å². The van der Waals surface area contributed by atoms with Gasteiger partial charge in [0, 0.05) is 17.1 Å². The first-order valence-corrected chi connectivity index (χ1v) is 7.62. The fourth-order valence-corrected chi connectivity index (χ4v) is 2.39. The van der Waals surface area contributed by atoms with E-state index in [9.17, 15) is 4.79 Å². The number of carbonyl (C=O) groups excluding carboxylic acids is 1. The minimum Gasteiger partial charge on any atom is -0.345 e. The van der Waals surface area contributed by atoms with E-state index in [4.69, 9.17) is 0 Å². The Morgan fingerprint density at radius 2 is 1.95 bits per heavy atom. The van der Waals surface area contributed by atoms with Gasteiger partial charge in [0.15, 0.2) is 11.5 Å². The standard InChI is InChI=1S/C15H13BrN4O/c16-9-11-4-6-12(7-5-11)15(21)17-10-14-19-18-13-3-1-2-8-20(13)14/h1-8H,9-10H2,(H,17,21). The van der Waals surface area contributed by atoms with E-state index in [1.54, 1.807) is 0 Å². The Morgan fingerprint density at radius 1 is 1.14 bits per heavy atom. The second-order valence-corrected chi connectivity index (χ2v) is 5.12. The van der Waals surface area contributed by atoms with Gasteiger partial charge in [0.1, 0.15) is 0 Å². The van der Waals surface area contributed by atoms with E-state index < -0.39 is 0 Å². The van der Waals surface area contributed by atoms with Gasteiger partial charge in [-0.2, -0.15) is 0 Å². The summed E-state index contributed by atoms with van der Waals surface area (Å²) in [4.78, 5) is 12.1. The second kappa shape index (κ2) is 6.05. The lowest BCUT2D eigenvalue weighted by molar-refractivity contribution is 0.0950. The van der Waals surface area contributed by atoms with Crippen molar-refractivity contribution in [3.63, 3.8) is 0 Å². The molecule has 0 saturated carbocycles. The topological polar surface area (TPSA) is 59.3 Å². The molecule has 0 saturated heterocycles. The molecule has 1 N–H and O–H groups in total. The van der Waals surface area contributed by atoms with Crippen LogP contribution in [0, 0.1) is 0 Å². The van der Waals surface area contributed by atoms with Crippen LogP contribution in [0.2, 0.25) is 0 Å². The monoisotopic (exact) mass is 344 g/mol. The lowest BCUT2D eigenvalue weighted by Gasteiger charge is -2.05. The maximum atomic E-state index is 12.1. The SMILES string of the molecule is O=C(NCc1nnc2ccccn12)c1ccc(CBr)cc1. The van der Waals surface area contributed by atoms with Crippen LogP contribution >= 0.6 is 15.9 Å². The molecule has 106 valence electrons. The molecule has 6 heteroatoms. The molecule has 0 spiro atoms. The van der Waals surface area contributed by atoms with Crippen LogP contribution in [-0.4, -0.2) is 20.5 Å². The van der Waals surface area contributed by atoms with E-state index in [2.05, 4.69) is 31.4 Å². The predicted molar refractivity (Wildman–Crippen MR) is 83.2 cm³/mol. The summed E-state index contributed by atoms with van der Waals surface area (Å²) < 4.78 is 1.86. The Balaban J connectivity index is 1.70. The molecule has 2 aromatic heterocycles. The first kappa shape index (κ1) is 13.8. The normalized spacial score (nSPS) is 10.7. The average molecular weight is 345 g/mol. The molecule has 2 heterocycles. The molecule has 0 atom stereocenters. The Labute approximate surface area is 130 Å². The van der Waals surface area contributed by atoms with Gasteiger partial charge in [-0.15, -0.1) is 10.2 Å². The van der Waals surface area contributed by atoms with Crippen LogP contribution in [-0.2, 0) is 11.9 Å². The Morgan fingerprint density at radius 3 is 2.71 bits per heavy atom. The number of rotatable bonds is 4. The van der Waals surface area contributed by atoms with Crippen LogP contribution in [0.3, 0.4) is 0 Å². The van der Waals surface area contributed by atoms with Crippen LogP contribution < -0.4 is 5.32 Å². The fraction of sp³-hybridized carbons (Fsp3) is 0.133. The number of alkyl halides is 1. The van der Waals surface area contributed by atoms with Crippen LogP contribution in [0.5, 0.6) is 0 Å². The summed E-state index contributed by atoms with van der Waals surface area (Å²) in [5.41, 5.74) is 2.53. The van der Waals surface area contributed by atoms with Crippen molar-refractivity contribution in [2.24, 2.45) is 0 Å². The van der Waals surface area contributed by atoms with Crippen molar-refractivity contribution >= 4 is 27.5 Å². The molecule has 5 nitrogen and oxygen atoms in total. The fourth-order valence-electron chi connectivity index (χ4n) is 2.02. The molecular formula is C15H13BrN4O. The number of benzene rings is 1. The van der Waals surface area contributed by atoms with E-state index >= 15 is 0 Å². The highest BCUT2D eigenvalue weighted by atomic mass is 79.9. The molecule has 1 aromatic carbocycles. The van der Waals surface area contributed by atoms with Crippen molar-refractivity contribution in [1.29, 1.82) is 0 Å². The number of nitrogens with one attached hydrogen (secondary N) is 1. The Hall–Kier alpha value is -2.21. The van der Waals surface area contributed by atoms with E-state index in [1.165, 1.54) is 0 Å². The zero-order chi connectivity index (χ0) is 14.7. The molecule has 3 aromatic rings. The molecule has 0 aliphatic rings. The quantitative estimate of drug-likeness (QED) is 0.740. The molecule has 0 bridgehead atoms. The van der Waals surface area contributed by atoms with Gasteiger partial charge in [0.05, 0.1) is 6.54 Å². The summed E-state index contributed by atoms with van der Waals surface area (Å²) >= 11 is 3.38. The highest BCUT2D eigenvalue weighted by molar-refractivity contribution is 9.08. The predicted octanol–water partition coefficient (Wildman–Crippen LogP) is 2.55. The highest BCUT2D eigenvalue weighted by Crippen LogP contribution is 2.08. The minimum absolute atomic E-state index is 0.121. The van der Waals surface area contributed by atoms with Gasteiger partial charge in [-0.3, -0.25) is 9.20 Å². The minimum atomic E-state index is -0.121. The van der Waals surface area contributed by atoms with Gasteiger partial charge in [-0.1, -0.05) is 34.1 Å². The first-order valence-electron chi connectivity index (χ1n) is 6.49. The van der Waals surface area contributed by atoms with E-state index in [-0.39, 0.29) is 5.91 Å². The molecule has 0 fully saturated rings. The lowest BCUT2D eigenvalue weighted by Crippen LogP contribution is -2.23. The summed E-state index contributed by atoms with van der Waals surface area (Å²) in [6.45, 7) is 0.338. The van der Waals surface area contributed by atoms with Crippen molar-refractivity contribution in [2.75, 3.05) is 0 Å². The average Bonchev–Trinajstić information content (AvgIpc) is 2.96. The van der Waals surface area contributed by atoms with Gasteiger partial charge < -0.3 is 5.32 Å². The third-order valence-electron chi connectivity index (χ3n) is 3.16. The van der Waals surface area contributed by atoms with E-state index in [0.717, 1.165) is 16.5 Å².